The maximum atomic E-state index is 14.1. The highest BCUT2D eigenvalue weighted by atomic mass is 79.9. The molecule has 0 saturated carbocycles. The maximum absolute atomic E-state index is 14.1. The van der Waals surface area contributed by atoms with Crippen molar-refractivity contribution < 1.29 is 32.9 Å². The zero-order chi connectivity index (χ0) is 32.1. The maximum Gasteiger partial charge on any atom is 0.344 e. The van der Waals surface area contributed by atoms with Crippen LogP contribution in [0.25, 0.3) is 11.8 Å². The molecule has 2 heterocycles. The van der Waals surface area contributed by atoms with E-state index in [1.54, 1.807) is 44.2 Å². The van der Waals surface area contributed by atoms with Crippen LogP contribution in [-0.2, 0) is 19.1 Å². The third kappa shape index (κ3) is 6.76. The normalized spacial score (nSPS) is 14.4. The van der Waals surface area contributed by atoms with Crippen molar-refractivity contribution in [1.29, 1.82) is 0 Å². The topological polar surface area (TPSA) is 105 Å². The van der Waals surface area contributed by atoms with Gasteiger partial charge in [0.15, 0.2) is 22.9 Å². The van der Waals surface area contributed by atoms with Gasteiger partial charge in [0.2, 0.25) is 0 Å². The van der Waals surface area contributed by atoms with Gasteiger partial charge in [0.1, 0.15) is 5.82 Å². The Kier molecular flexibility index (Phi) is 9.94. The lowest BCUT2D eigenvalue weighted by Gasteiger charge is -2.25. The highest BCUT2D eigenvalue weighted by Gasteiger charge is 2.35. The van der Waals surface area contributed by atoms with Crippen LogP contribution in [0.2, 0.25) is 0 Å². The molecule has 0 fully saturated rings. The fourth-order valence-corrected chi connectivity index (χ4v) is 6.42. The molecule has 0 bridgehead atoms. The van der Waals surface area contributed by atoms with E-state index in [4.69, 9.17) is 23.9 Å². The SMILES string of the molecule is CCOC(=O)COc1c(Br)cc(/C=c2\sc3n(c2=O)[C@@H](c2ccc(F)cc2)C(C(=O)OCC)=C(c2ccccc2)N=3)cc1OC. The van der Waals surface area contributed by atoms with Gasteiger partial charge in [-0.3, -0.25) is 9.36 Å². The van der Waals surface area contributed by atoms with Crippen LogP contribution in [0.1, 0.15) is 36.6 Å². The monoisotopic (exact) mass is 694 g/mol. The zero-order valence-corrected chi connectivity index (χ0v) is 26.9. The average Bonchev–Trinajstić information content (AvgIpc) is 3.34. The van der Waals surface area contributed by atoms with Crippen molar-refractivity contribution in [1.82, 2.24) is 4.57 Å². The first-order valence-corrected chi connectivity index (χ1v) is 15.6. The van der Waals surface area contributed by atoms with Crippen molar-refractivity contribution in [2.45, 2.75) is 19.9 Å². The van der Waals surface area contributed by atoms with Crippen molar-refractivity contribution >= 4 is 51.0 Å². The molecule has 0 unspecified atom stereocenters. The van der Waals surface area contributed by atoms with Crippen LogP contribution in [0.5, 0.6) is 11.5 Å². The number of nitrogens with zero attached hydrogens (tertiary/aromatic N) is 2. The van der Waals surface area contributed by atoms with Gasteiger partial charge in [-0.2, -0.15) is 0 Å². The highest BCUT2D eigenvalue weighted by molar-refractivity contribution is 9.10. The molecule has 5 rings (SSSR count). The second-order valence-corrected chi connectivity index (χ2v) is 11.5. The Morgan fingerprint density at radius 1 is 1.04 bits per heavy atom. The van der Waals surface area contributed by atoms with Gasteiger partial charge >= 0.3 is 11.9 Å². The Morgan fingerprint density at radius 2 is 1.76 bits per heavy atom. The van der Waals surface area contributed by atoms with E-state index in [1.807, 2.05) is 30.3 Å². The molecular formula is C33H28BrFN2O7S. The molecule has 3 aromatic carbocycles. The molecule has 232 valence electrons. The fraction of sp³-hybridized carbons (Fsp3) is 0.212. The smallest absolute Gasteiger partial charge is 0.344 e. The number of thiazole rings is 1. The molecule has 0 amide bonds. The van der Waals surface area contributed by atoms with E-state index in [0.29, 0.717) is 47.7 Å². The minimum Gasteiger partial charge on any atom is -0.493 e. The summed E-state index contributed by atoms with van der Waals surface area (Å²) in [6.07, 6.45) is 1.67. The van der Waals surface area contributed by atoms with Crippen LogP contribution in [0.3, 0.4) is 0 Å². The van der Waals surface area contributed by atoms with E-state index in [9.17, 15) is 18.8 Å². The number of methoxy groups -OCH3 is 1. The number of carbonyl (C=O) groups is 2. The summed E-state index contributed by atoms with van der Waals surface area (Å²) in [5, 5.41) is 0. The molecule has 1 atom stereocenters. The zero-order valence-electron chi connectivity index (χ0n) is 24.5. The summed E-state index contributed by atoms with van der Waals surface area (Å²) in [5.74, 6) is -0.981. The molecule has 0 N–H and O–H groups in total. The summed E-state index contributed by atoms with van der Waals surface area (Å²) in [4.78, 5) is 44.6. The lowest BCUT2D eigenvalue weighted by atomic mass is 9.93. The summed E-state index contributed by atoms with van der Waals surface area (Å²) in [7, 11) is 1.46. The largest absolute Gasteiger partial charge is 0.493 e. The fourth-order valence-electron chi connectivity index (χ4n) is 4.85. The summed E-state index contributed by atoms with van der Waals surface area (Å²) in [6, 6.07) is 17.3. The molecule has 9 nitrogen and oxygen atoms in total. The molecule has 0 radical (unpaired) electrons. The van der Waals surface area contributed by atoms with E-state index >= 15 is 0 Å². The Labute approximate surface area is 270 Å². The molecule has 1 aromatic heterocycles. The predicted molar refractivity (Wildman–Crippen MR) is 170 cm³/mol. The van der Waals surface area contributed by atoms with Gasteiger partial charge in [0.25, 0.3) is 5.56 Å². The third-order valence-corrected chi connectivity index (χ3v) is 8.32. The lowest BCUT2D eigenvalue weighted by Crippen LogP contribution is -2.40. The van der Waals surface area contributed by atoms with Crippen molar-refractivity contribution in [3.63, 3.8) is 0 Å². The highest BCUT2D eigenvalue weighted by Crippen LogP contribution is 2.37. The minimum absolute atomic E-state index is 0.112. The van der Waals surface area contributed by atoms with Gasteiger partial charge in [-0.15, -0.1) is 0 Å². The minimum atomic E-state index is -0.932. The lowest BCUT2D eigenvalue weighted by molar-refractivity contribution is -0.145. The van der Waals surface area contributed by atoms with Gasteiger partial charge in [0, 0.05) is 5.56 Å². The van der Waals surface area contributed by atoms with Crippen LogP contribution in [0, 0.1) is 5.82 Å². The van der Waals surface area contributed by atoms with Crippen LogP contribution in [0.4, 0.5) is 4.39 Å². The number of benzene rings is 3. The second kappa shape index (κ2) is 14.0. The third-order valence-electron chi connectivity index (χ3n) is 6.75. The Balaban J connectivity index is 1.69. The number of hydrogen-bond acceptors (Lipinski definition) is 9. The summed E-state index contributed by atoms with van der Waals surface area (Å²) >= 11 is 4.62. The molecule has 0 aliphatic carbocycles. The number of halogens is 2. The van der Waals surface area contributed by atoms with Crippen LogP contribution in [0.15, 0.2) is 86.6 Å². The number of esters is 2. The quantitative estimate of drug-likeness (QED) is 0.220. The van der Waals surface area contributed by atoms with E-state index < -0.39 is 29.4 Å². The Bertz CT molecular complexity index is 1950. The summed E-state index contributed by atoms with van der Waals surface area (Å²) in [5.41, 5.74) is 1.91. The Hall–Kier alpha value is -4.55. The van der Waals surface area contributed by atoms with Gasteiger partial charge in [-0.25, -0.2) is 19.0 Å². The van der Waals surface area contributed by atoms with Gasteiger partial charge in [-0.1, -0.05) is 53.8 Å². The predicted octanol–water partition coefficient (Wildman–Crippen LogP) is 4.79. The van der Waals surface area contributed by atoms with E-state index in [0.717, 1.165) is 11.3 Å². The molecule has 4 aromatic rings. The number of fused-ring (bicyclic) bond motifs is 1. The van der Waals surface area contributed by atoms with E-state index in [2.05, 4.69) is 15.9 Å². The summed E-state index contributed by atoms with van der Waals surface area (Å²) in [6.45, 7) is 3.43. The van der Waals surface area contributed by atoms with Gasteiger partial charge in [0.05, 0.1) is 46.6 Å². The van der Waals surface area contributed by atoms with E-state index in [-0.39, 0.29) is 25.4 Å². The van der Waals surface area contributed by atoms with Crippen LogP contribution >= 0.6 is 27.3 Å². The van der Waals surface area contributed by atoms with Gasteiger partial charge < -0.3 is 18.9 Å². The van der Waals surface area contributed by atoms with Crippen LogP contribution in [-0.4, -0.2) is 43.4 Å². The number of rotatable bonds is 10. The number of ether oxygens (including phenoxy) is 4. The van der Waals surface area contributed by atoms with Crippen molar-refractivity contribution in [2.24, 2.45) is 4.99 Å². The molecule has 0 spiro atoms. The molecule has 0 saturated heterocycles. The number of hydrogen-bond donors (Lipinski definition) is 0. The first-order chi connectivity index (χ1) is 21.7. The first kappa shape index (κ1) is 31.9. The van der Waals surface area contributed by atoms with Crippen molar-refractivity contribution in [2.75, 3.05) is 26.9 Å². The first-order valence-electron chi connectivity index (χ1n) is 14.0. The van der Waals surface area contributed by atoms with Crippen LogP contribution < -0.4 is 24.4 Å². The molecule has 45 heavy (non-hydrogen) atoms. The molecule has 1 aliphatic heterocycles. The number of aromatic nitrogens is 1. The number of carbonyl (C=O) groups excluding carboxylic acids is 2. The molecular weight excluding hydrogens is 667 g/mol. The second-order valence-electron chi connectivity index (χ2n) is 9.61. The summed E-state index contributed by atoms with van der Waals surface area (Å²) < 4.78 is 37.8. The molecule has 12 heteroatoms. The van der Waals surface area contributed by atoms with E-state index in [1.165, 1.54) is 23.8 Å². The van der Waals surface area contributed by atoms with Crippen molar-refractivity contribution in [3.8, 4) is 11.5 Å². The molecule has 1 aliphatic rings. The Morgan fingerprint density at radius 3 is 2.42 bits per heavy atom. The van der Waals surface area contributed by atoms with Gasteiger partial charge in [-0.05, 0) is 71.2 Å². The average molecular weight is 696 g/mol. The van der Waals surface area contributed by atoms with Crippen molar-refractivity contribution in [3.05, 3.63) is 119 Å². The standard InChI is InChI=1S/C33H28BrFN2O7S/c1-4-42-26(38)18-44-30-23(34)15-19(16-24(30)41-3)17-25-31(39)37-29(21-11-13-22(35)14-12-21)27(32(40)43-5-2)28(36-33(37)45-25)20-9-7-6-8-10-20/h6-17,29H,4-5,18H2,1-3H3/b25-17-/t29-/m0/s1.